The minimum Gasteiger partial charge on any atom is -0.215 e. The van der Waals surface area contributed by atoms with E-state index in [1.54, 1.807) is 0 Å². The van der Waals surface area contributed by atoms with E-state index in [1.165, 1.54) is 0 Å². The number of unbranched alkanes of at least 4 members (excludes halogenated alkanes) is 1. The number of nitrogens with one attached hydrogen (secondary N) is 1. The van der Waals surface area contributed by atoms with Gasteiger partial charge in [-0.25, -0.2) is 13.1 Å². The van der Waals surface area contributed by atoms with Gasteiger partial charge in [0.1, 0.15) is 0 Å². The van der Waals surface area contributed by atoms with E-state index in [9.17, 15) is 8.42 Å². The maximum atomic E-state index is 11.3. The molecule has 0 radical (unpaired) electrons. The summed E-state index contributed by atoms with van der Waals surface area (Å²) in [4.78, 5) is 0. The summed E-state index contributed by atoms with van der Waals surface area (Å²) in [7, 11) is -3.02. The van der Waals surface area contributed by atoms with Gasteiger partial charge in [-0.05, 0) is 25.2 Å². The lowest BCUT2D eigenvalue weighted by molar-refractivity contribution is 0.576. The second kappa shape index (κ2) is 4.64. The molecule has 4 heteroatoms. The van der Waals surface area contributed by atoms with Crippen LogP contribution in [0.25, 0.3) is 0 Å². The van der Waals surface area contributed by atoms with E-state index < -0.39 is 10.0 Å². The van der Waals surface area contributed by atoms with E-state index in [2.05, 4.69) is 10.6 Å². The fraction of sp³-hybridized carbons (Fsp3) is 0.778. The molecule has 1 rings (SSSR count). The van der Waals surface area contributed by atoms with E-state index in [0.29, 0.717) is 24.6 Å². The van der Waals surface area contributed by atoms with Crippen molar-refractivity contribution in [2.45, 2.75) is 25.7 Å². The van der Waals surface area contributed by atoms with Gasteiger partial charge in [0.05, 0.1) is 5.75 Å². The van der Waals surface area contributed by atoms with Crippen LogP contribution in [0.3, 0.4) is 0 Å². The third-order valence-electron chi connectivity index (χ3n) is 1.97. The van der Waals surface area contributed by atoms with Gasteiger partial charge < -0.3 is 0 Å². The summed E-state index contributed by atoms with van der Waals surface area (Å²) in [5.41, 5.74) is 0. The first-order valence-electron chi connectivity index (χ1n) is 4.55. The first kappa shape index (κ1) is 10.6. The molecule has 0 atom stereocenters. The fourth-order valence-corrected chi connectivity index (χ4v) is 2.60. The summed E-state index contributed by atoms with van der Waals surface area (Å²) in [6.07, 6.45) is 8.52. The van der Waals surface area contributed by atoms with Gasteiger partial charge in [0.25, 0.3) is 0 Å². The van der Waals surface area contributed by atoms with Crippen molar-refractivity contribution in [2.75, 3.05) is 12.3 Å². The molecule has 0 aliphatic heterocycles. The highest BCUT2D eigenvalue weighted by Gasteiger charge is 2.27. The Hall–Kier alpha value is -0.530. The minimum atomic E-state index is -3.02. The largest absolute Gasteiger partial charge is 0.215 e. The second-order valence-corrected chi connectivity index (χ2v) is 5.28. The van der Waals surface area contributed by atoms with E-state index in [1.807, 2.05) is 0 Å². The predicted octanol–water partition coefficient (Wildman–Crippen LogP) is 0.729. The van der Waals surface area contributed by atoms with Crippen molar-refractivity contribution in [1.29, 1.82) is 0 Å². The summed E-state index contributed by atoms with van der Waals surface area (Å²) in [5, 5.41) is 0. The Kier molecular flexibility index (Phi) is 3.76. The Balaban J connectivity index is 2.14. The van der Waals surface area contributed by atoms with Crippen LogP contribution in [-0.2, 0) is 10.0 Å². The number of hydrogen-bond acceptors (Lipinski definition) is 2. The molecule has 1 saturated carbocycles. The Morgan fingerprint density at radius 3 is 2.69 bits per heavy atom. The van der Waals surface area contributed by atoms with Crippen molar-refractivity contribution in [3.05, 3.63) is 0 Å². The van der Waals surface area contributed by atoms with Gasteiger partial charge in [-0.1, -0.05) is 0 Å². The molecule has 0 heterocycles. The van der Waals surface area contributed by atoms with E-state index >= 15 is 0 Å². The predicted molar refractivity (Wildman–Crippen MR) is 52.6 cm³/mol. The molecular weight excluding hydrogens is 186 g/mol. The molecule has 1 aliphatic rings. The smallest absolute Gasteiger partial charge is 0.211 e. The van der Waals surface area contributed by atoms with Crippen LogP contribution in [0.15, 0.2) is 0 Å². The summed E-state index contributed by atoms with van der Waals surface area (Å²) in [5.74, 6) is 3.17. The van der Waals surface area contributed by atoms with Crippen LogP contribution in [0.1, 0.15) is 25.7 Å². The summed E-state index contributed by atoms with van der Waals surface area (Å²) < 4.78 is 25.1. The Morgan fingerprint density at radius 2 is 2.15 bits per heavy atom. The van der Waals surface area contributed by atoms with Crippen molar-refractivity contribution in [3.63, 3.8) is 0 Å². The lowest BCUT2D eigenvalue weighted by Gasteiger charge is -2.03. The molecule has 0 saturated heterocycles. The molecular formula is C9H15NO2S. The van der Waals surface area contributed by atoms with Gasteiger partial charge in [-0.2, -0.15) is 0 Å². The monoisotopic (exact) mass is 201 g/mol. The molecule has 0 unspecified atom stereocenters. The molecule has 1 N–H and O–H groups in total. The first-order chi connectivity index (χ1) is 6.14. The molecule has 0 aromatic rings. The highest BCUT2D eigenvalue weighted by molar-refractivity contribution is 7.89. The maximum Gasteiger partial charge on any atom is 0.211 e. The summed E-state index contributed by atoms with van der Waals surface area (Å²) in [6, 6.07) is 0. The summed E-state index contributed by atoms with van der Waals surface area (Å²) >= 11 is 0. The lowest BCUT2D eigenvalue weighted by atomic mass is 10.3. The van der Waals surface area contributed by atoms with Gasteiger partial charge in [-0.3, -0.25) is 0 Å². The number of rotatable bonds is 6. The molecule has 74 valence electrons. The van der Waals surface area contributed by atoms with Gasteiger partial charge >= 0.3 is 0 Å². The normalized spacial score (nSPS) is 16.8. The van der Waals surface area contributed by atoms with Gasteiger partial charge in [-0.15, -0.1) is 12.3 Å². The molecule has 0 aromatic heterocycles. The third kappa shape index (κ3) is 4.91. The van der Waals surface area contributed by atoms with Gasteiger partial charge in [0.15, 0.2) is 0 Å². The molecule has 1 aliphatic carbocycles. The van der Waals surface area contributed by atoms with Crippen LogP contribution < -0.4 is 4.72 Å². The SMILES string of the molecule is C#CCCCNS(=O)(=O)CC1CC1. The zero-order chi connectivity index (χ0) is 9.73. The van der Waals surface area contributed by atoms with E-state index in [-0.39, 0.29) is 0 Å². The Morgan fingerprint density at radius 1 is 1.46 bits per heavy atom. The van der Waals surface area contributed by atoms with Crippen LogP contribution in [0, 0.1) is 18.3 Å². The Labute approximate surface area is 80.0 Å². The lowest BCUT2D eigenvalue weighted by Crippen LogP contribution is -2.28. The second-order valence-electron chi connectivity index (χ2n) is 3.43. The van der Waals surface area contributed by atoms with Crippen LogP contribution in [-0.4, -0.2) is 20.7 Å². The topological polar surface area (TPSA) is 46.2 Å². The zero-order valence-electron chi connectivity index (χ0n) is 7.62. The van der Waals surface area contributed by atoms with Gasteiger partial charge in [0, 0.05) is 13.0 Å². The van der Waals surface area contributed by atoms with Crippen LogP contribution in [0.5, 0.6) is 0 Å². The maximum absolute atomic E-state index is 11.3. The average molecular weight is 201 g/mol. The molecule has 0 spiro atoms. The van der Waals surface area contributed by atoms with Crippen molar-refractivity contribution < 1.29 is 8.42 Å². The van der Waals surface area contributed by atoms with Crippen LogP contribution in [0.4, 0.5) is 0 Å². The van der Waals surface area contributed by atoms with Gasteiger partial charge in [0.2, 0.25) is 10.0 Å². The number of hydrogen-bond donors (Lipinski definition) is 1. The highest BCUT2D eigenvalue weighted by Crippen LogP contribution is 2.29. The van der Waals surface area contributed by atoms with Crippen molar-refractivity contribution >= 4 is 10.0 Å². The third-order valence-corrected chi connectivity index (χ3v) is 3.53. The molecule has 13 heavy (non-hydrogen) atoms. The van der Waals surface area contributed by atoms with Crippen LogP contribution >= 0.6 is 0 Å². The number of terminal acetylenes is 1. The zero-order valence-corrected chi connectivity index (χ0v) is 8.44. The molecule has 0 amide bonds. The summed E-state index contributed by atoms with van der Waals surface area (Å²) in [6.45, 7) is 0.471. The van der Waals surface area contributed by atoms with E-state index in [0.717, 1.165) is 19.3 Å². The number of sulfonamides is 1. The van der Waals surface area contributed by atoms with E-state index in [4.69, 9.17) is 6.42 Å². The Bertz CT molecular complexity index is 285. The molecule has 3 nitrogen and oxygen atoms in total. The molecule has 0 aromatic carbocycles. The first-order valence-corrected chi connectivity index (χ1v) is 6.20. The van der Waals surface area contributed by atoms with Crippen LogP contribution in [0.2, 0.25) is 0 Å². The molecule has 0 bridgehead atoms. The standard InChI is InChI=1S/C9H15NO2S/c1-2-3-4-7-10-13(11,12)8-9-5-6-9/h1,9-10H,3-8H2. The van der Waals surface area contributed by atoms with Crippen molar-refractivity contribution in [1.82, 2.24) is 4.72 Å². The highest BCUT2D eigenvalue weighted by atomic mass is 32.2. The van der Waals surface area contributed by atoms with Crippen molar-refractivity contribution in [2.24, 2.45) is 5.92 Å². The van der Waals surface area contributed by atoms with Crippen molar-refractivity contribution in [3.8, 4) is 12.3 Å². The quantitative estimate of drug-likeness (QED) is 0.508. The molecule has 1 fully saturated rings. The minimum absolute atomic E-state index is 0.295. The fourth-order valence-electron chi connectivity index (χ4n) is 1.07. The average Bonchev–Trinajstić information content (AvgIpc) is 2.81.